The van der Waals surface area contributed by atoms with Gasteiger partial charge in [0.15, 0.2) is 0 Å². The quantitative estimate of drug-likeness (QED) is 0.605. The Labute approximate surface area is 82.5 Å². The third-order valence-electron chi connectivity index (χ3n) is 3.56. The molecular formula is C9H15N5. The van der Waals surface area contributed by atoms with Crippen LogP contribution in [-0.4, -0.2) is 21.7 Å². The van der Waals surface area contributed by atoms with Gasteiger partial charge in [-0.1, -0.05) is 6.42 Å². The maximum absolute atomic E-state index is 5.50. The SMILES string of the molecule is Nc1n[nH]c(C2NCC3CCCC32)n1. The molecule has 1 saturated carbocycles. The Balaban J connectivity index is 1.85. The molecule has 0 bridgehead atoms. The molecule has 3 atom stereocenters. The Morgan fingerprint density at radius 2 is 2.29 bits per heavy atom. The Hall–Kier alpha value is -1.10. The van der Waals surface area contributed by atoms with Crippen molar-refractivity contribution in [1.82, 2.24) is 20.5 Å². The van der Waals surface area contributed by atoms with E-state index >= 15 is 0 Å². The molecule has 2 heterocycles. The number of nitrogen functional groups attached to an aromatic ring is 1. The fourth-order valence-corrected chi connectivity index (χ4v) is 2.91. The third-order valence-corrected chi connectivity index (χ3v) is 3.56. The van der Waals surface area contributed by atoms with Crippen LogP contribution in [0.25, 0.3) is 0 Å². The van der Waals surface area contributed by atoms with Gasteiger partial charge in [0.05, 0.1) is 6.04 Å². The Morgan fingerprint density at radius 1 is 1.36 bits per heavy atom. The first-order valence-corrected chi connectivity index (χ1v) is 5.26. The zero-order valence-electron chi connectivity index (χ0n) is 8.03. The lowest BCUT2D eigenvalue weighted by molar-refractivity contribution is 0.408. The highest BCUT2D eigenvalue weighted by Crippen LogP contribution is 2.43. The lowest BCUT2D eigenvalue weighted by Crippen LogP contribution is -2.19. The van der Waals surface area contributed by atoms with Crippen LogP contribution in [-0.2, 0) is 0 Å². The van der Waals surface area contributed by atoms with Crippen molar-refractivity contribution < 1.29 is 0 Å². The number of H-pyrrole nitrogens is 1. The lowest BCUT2D eigenvalue weighted by atomic mass is 9.94. The fourth-order valence-electron chi connectivity index (χ4n) is 2.91. The molecule has 76 valence electrons. The van der Waals surface area contributed by atoms with Gasteiger partial charge >= 0.3 is 0 Å². The van der Waals surface area contributed by atoms with Crippen LogP contribution in [0, 0.1) is 11.8 Å². The van der Waals surface area contributed by atoms with Crippen LogP contribution in [0.1, 0.15) is 31.1 Å². The number of rotatable bonds is 1. The van der Waals surface area contributed by atoms with Gasteiger partial charge in [-0.15, -0.1) is 5.10 Å². The summed E-state index contributed by atoms with van der Waals surface area (Å²) in [6.07, 6.45) is 4.03. The van der Waals surface area contributed by atoms with E-state index in [0.717, 1.165) is 24.2 Å². The molecule has 1 aromatic rings. The monoisotopic (exact) mass is 193 g/mol. The summed E-state index contributed by atoms with van der Waals surface area (Å²) in [5, 5.41) is 10.3. The highest BCUT2D eigenvalue weighted by atomic mass is 15.3. The predicted molar refractivity (Wildman–Crippen MR) is 52.4 cm³/mol. The summed E-state index contributed by atoms with van der Waals surface area (Å²) in [4.78, 5) is 4.20. The first kappa shape index (κ1) is 8.23. The molecule has 5 heteroatoms. The van der Waals surface area contributed by atoms with Gasteiger partial charge in [-0.25, -0.2) is 0 Å². The van der Waals surface area contributed by atoms with Crippen molar-refractivity contribution in [3.05, 3.63) is 5.82 Å². The molecule has 0 spiro atoms. The van der Waals surface area contributed by atoms with Crippen molar-refractivity contribution >= 4 is 5.95 Å². The zero-order valence-corrected chi connectivity index (χ0v) is 8.03. The number of nitrogens with one attached hydrogen (secondary N) is 2. The van der Waals surface area contributed by atoms with E-state index in [4.69, 9.17) is 5.73 Å². The van der Waals surface area contributed by atoms with Crippen molar-refractivity contribution in [2.45, 2.75) is 25.3 Å². The van der Waals surface area contributed by atoms with Gasteiger partial charge in [0.2, 0.25) is 5.95 Å². The van der Waals surface area contributed by atoms with E-state index in [1.165, 1.54) is 19.3 Å². The van der Waals surface area contributed by atoms with Crippen LogP contribution in [0.5, 0.6) is 0 Å². The van der Waals surface area contributed by atoms with Crippen molar-refractivity contribution in [3.8, 4) is 0 Å². The fraction of sp³-hybridized carbons (Fsp3) is 0.778. The van der Waals surface area contributed by atoms with E-state index in [0.29, 0.717) is 12.0 Å². The van der Waals surface area contributed by atoms with Gasteiger partial charge in [-0.2, -0.15) is 4.98 Å². The van der Waals surface area contributed by atoms with Crippen LogP contribution < -0.4 is 11.1 Å². The van der Waals surface area contributed by atoms with Crippen LogP contribution in [0.15, 0.2) is 0 Å². The molecule has 1 aliphatic heterocycles. The van der Waals surface area contributed by atoms with Crippen molar-refractivity contribution in [2.24, 2.45) is 11.8 Å². The van der Waals surface area contributed by atoms with Gasteiger partial charge in [0.1, 0.15) is 5.82 Å². The van der Waals surface area contributed by atoms with Crippen LogP contribution in [0.3, 0.4) is 0 Å². The first-order valence-electron chi connectivity index (χ1n) is 5.26. The molecule has 1 aromatic heterocycles. The summed E-state index contributed by atoms with van der Waals surface area (Å²) in [6, 6.07) is 0.354. The predicted octanol–water partition coefficient (Wildman–Crippen LogP) is 0.447. The van der Waals surface area contributed by atoms with E-state index < -0.39 is 0 Å². The Morgan fingerprint density at radius 3 is 3.07 bits per heavy atom. The van der Waals surface area contributed by atoms with Crippen LogP contribution in [0.4, 0.5) is 5.95 Å². The second-order valence-corrected chi connectivity index (χ2v) is 4.32. The summed E-state index contributed by atoms with van der Waals surface area (Å²) in [5.74, 6) is 2.84. The number of nitrogens with zero attached hydrogens (tertiary/aromatic N) is 2. The van der Waals surface area contributed by atoms with E-state index in [-0.39, 0.29) is 0 Å². The lowest BCUT2D eigenvalue weighted by Gasteiger charge is -2.14. The Kier molecular flexibility index (Phi) is 1.73. The number of fused-ring (bicyclic) bond motifs is 1. The van der Waals surface area contributed by atoms with Gasteiger partial charge in [0, 0.05) is 0 Å². The number of hydrogen-bond donors (Lipinski definition) is 3. The summed E-state index contributed by atoms with van der Waals surface area (Å²) < 4.78 is 0. The largest absolute Gasteiger partial charge is 0.367 e. The smallest absolute Gasteiger partial charge is 0.239 e. The molecule has 14 heavy (non-hydrogen) atoms. The maximum atomic E-state index is 5.50. The van der Waals surface area contributed by atoms with Gasteiger partial charge in [0.25, 0.3) is 0 Å². The minimum Gasteiger partial charge on any atom is -0.367 e. The topological polar surface area (TPSA) is 79.6 Å². The highest BCUT2D eigenvalue weighted by Gasteiger charge is 2.40. The summed E-state index contributed by atoms with van der Waals surface area (Å²) in [5.41, 5.74) is 5.50. The second-order valence-electron chi connectivity index (χ2n) is 4.32. The van der Waals surface area contributed by atoms with Crippen molar-refractivity contribution in [2.75, 3.05) is 12.3 Å². The average Bonchev–Trinajstić information content (AvgIpc) is 2.77. The molecule has 1 saturated heterocycles. The molecule has 1 aliphatic carbocycles. The molecule has 0 aromatic carbocycles. The molecular weight excluding hydrogens is 178 g/mol. The average molecular weight is 193 g/mol. The van der Waals surface area contributed by atoms with Crippen LogP contribution >= 0.6 is 0 Å². The highest BCUT2D eigenvalue weighted by molar-refractivity contribution is 5.16. The normalized spacial score (nSPS) is 36.1. The number of anilines is 1. The van der Waals surface area contributed by atoms with Gasteiger partial charge in [-0.05, 0) is 31.2 Å². The van der Waals surface area contributed by atoms with Gasteiger partial charge in [-0.3, -0.25) is 5.10 Å². The van der Waals surface area contributed by atoms with E-state index in [9.17, 15) is 0 Å². The number of aromatic nitrogens is 3. The van der Waals surface area contributed by atoms with Crippen LogP contribution in [0.2, 0.25) is 0 Å². The minimum atomic E-state index is 0.350. The second kappa shape index (κ2) is 2.95. The molecule has 0 radical (unpaired) electrons. The minimum absolute atomic E-state index is 0.350. The standard InChI is InChI=1S/C9H15N5/c10-9-12-8(13-14-9)7-6-3-1-2-5(6)4-11-7/h5-7,11H,1-4H2,(H3,10,12,13,14). The van der Waals surface area contributed by atoms with E-state index in [1.807, 2.05) is 0 Å². The molecule has 3 unspecified atom stereocenters. The number of hydrogen-bond acceptors (Lipinski definition) is 4. The molecule has 4 N–H and O–H groups in total. The van der Waals surface area contributed by atoms with Crippen molar-refractivity contribution in [3.63, 3.8) is 0 Å². The zero-order chi connectivity index (χ0) is 9.54. The molecule has 5 nitrogen and oxygen atoms in total. The van der Waals surface area contributed by atoms with E-state index in [2.05, 4.69) is 20.5 Å². The molecule has 2 fully saturated rings. The summed E-state index contributed by atoms with van der Waals surface area (Å²) in [6.45, 7) is 1.12. The summed E-state index contributed by atoms with van der Waals surface area (Å²) in [7, 11) is 0. The first-order chi connectivity index (χ1) is 6.84. The van der Waals surface area contributed by atoms with Crippen molar-refractivity contribution in [1.29, 1.82) is 0 Å². The molecule has 3 rings (SSSR count). The maximum Gasteiger partial charge on any atom is 0.239 e. The molecule has 2 aliphatic rings. The van der Waals surface area contributed by atoms with Gasteiger partial charge < -0.3 is 11.1 Å². The Bertz CT molecular complexity index is 334. The number of aromatic amines is 1. The van der Waals surface area contributed by atoms with E-state index in [1.54, 1.807) is 0 Å². The number of nitrogens with two attached hydrogens (primary N) is 1. The summed E-state index contributed by atoms with van der Waals surface area (Å²) >= 11 is 0. The molecule has 0 amide bonds. The third kappa shape index (κ3) is 1.12.